The Bertz CT molecular complexity index is 1510. The zero-order valence-electron chi connectivity index (χ0n) is 22.7. The van der Waals surface area contributed by atoms with E-state index >= 15 is 0 Å². The minimum absolute atomic E-state index is 0.0973. The molecule has 12 heteroatoms. The van der Waals surface area contributed by atoms with E-state index in [4.69, 9.17) is 0 Å². The Labute approximate surface area is 231 Å². The fraction of sp³-hybridized carbons (Fsp3) is 0.464. The highest BCUT2D eigenvalue weighted by atomic mass is 19.1. The number of carbonyl (C=O) groups excluding carboxylic acids is 1. The van der Waals surface area contributed by atoms with Crippen LogP contribution in [0.1, 0.15) is 62.4 Å². The molecular weight excluding hydrogens is 513 g/mol. The second-order valence-electron chi connectivity index (χ2n) is 10.9. The van der Waals surface area contributed by atoms with Crippen molar-refractivity contribution in [1.82, 2.24) is 19.9 Å². The van der Waals surface area contributed by atoms with Crippen LogP contribution < -0.4 is 10.6 Å². The van der Waals surface area contributed by atoms with Crippen LogP contribution in [0.15, 0.2) is 51.9 Å². The first-order chi connectivity index (χ1) is 19.1. The van der Waals surface area contributed by atoms with Gasteiger partial charge in [0.25, 0.3) is 5.91 Å². The summed E-state index contributed by atoms with van der Waals surface area (Å²) in [5.41, 5.74) is 1.74. The molecule has 0 radical (unpaired) electrons. The lowest BCUT2D eigenvalue weighted by molar-refractivity contribution is -0.00177. The monoisotopic (exact) mass is 545 g/mol. The summed E-state index contributed by atoms with van der Waals surface area (Å²) < 4.78 is 16.0. The van der Waals surface area contributed by atoms with Gasteiger partial charge in [-0.15, -0.1) is 5.11 Å². The number of aliphatic hydroxyl groups is 1. The standard InChI is InChI=1S/C28H32FN9O2/c1-16-34-26(37-36-16)18-4-6-19(7-5-18)35-22-11-23(24-9-8-20-10-17(12-30)13-33-38(20)24)31-14-21(22)27(39)32-15-25(29)28(2,3)40/h8-11,13-14,16,18-19,25,40H,4-7,15H2,1-3H3,(H,31,35)(H,32,39)/t16?,18?,19?,25-/m1/s1. The Hall–Kier alpha value is -4.24. The number of aromatic nitrogens is 3. The van der Waals surface area contributed by atoms with Crippen molar-refractivity contribution in [1.29, 1.82) is 5.26 Å². The fourth-order valence-electron chi connectivity index (χ4n) is 4.97. The third-order valence-electron chi connectivity index (χ3n) is 7.35. The Morgan fingerprint density at radius 2 is 2.02 bits per heavy atom. The number of nitriles is 1. The van der Waals surface area contributed by atoms with Gasteiger partial charge in [-0.3, -0.25) is 9.78 Å². The molecule has 0 spiro atoms. The van der Waals surface area contributed by atoms with Gasteiger partial charge in [0, 0.05) is 18.2 Å². The van der Waals surface area contributed by atoms with E-state index in [0.717, 1.165) is 37.0 Å². The molecule has 0 saturated heterocycles. The van der Waals surface area contributed by atoms with Gasteiger partial charge >= 0.3 is 0 Å². The highest BCUT2D eigenvalue weighted by Gasteiger charge is 2.29. The number of rotatable bonds is 8. The molecule has 0 bridgehead atoms. The summed E-state index contributed by atoms with van der Waals surface area (Å²) in [6.45, 7) is 4.30. The van der Waals surface area contributed by atoms with Crippen molar-refractivity contribution >= 4 is 22.9 Å². The molecule has 1 unspecified atom stereocenters. The lowest BCUT2D eigenvalue weighted by Crippen LogP contribution is -2.42. The summed E-state index contributed by atoms with van der Waals surface area (Å²) in [6.07, 6.45) is 4.69. The van der Waals surface area contributed by atoms with Gasteiger partial charge < -0.3 is 15.7 Å². The number of alkyl halides is 1. The van der Waals surface area contributed by atoms with Crippen LogP contribution >= 0.6 is 0 Å². The summed E-state index contributed by atoms with van der Waals surface area (Å²) in [7, 11) is 0. The topological polar surface area (TPSA) is 152 Å². The first-order valence-corrected chi connectivity index (χ1v) is 13.4. The molecular formula is C28H32FN9O2. The van der Waals surface area contributed by atoms with Crippen molar-refractivity contribution in [3.05, 3.63) is 47.8 Å². The van der Waals surface area contributed by atoms with E-state index in [1.807, 2.05) is 19.1 Å². The Morgan fingerprint density at radius 3 is 2.70 bits per heavy atom. The Kier molecular flexibility index (Phi) is 7.58. The largest absolute Gasteiger partial charge is 0.387 e. The Balaban J connectivity index is 1.40. The van der Waals surface area contributed by atoms with Crippen LogP contribution in [0.5, 0.6) is 0 Å². The number of amides is 1. The van der Waals surface area contributed by atoms with Crippen molar-refractivity contribution in [2.75, 3.05) is 11.9 Å². The number of nitrogens with zero attached hydrogens (tertiary/aromatic N) is 7. The van der Waals surface area contributed by atoms with Gasteiger partial charge in [-0.25, -0.2) is 13.9 Å². The van der Waals surface area contributed by atoms with Gasteiger partial charge in [-0.05, 0) is 70.7 Å². The zero-order chi connectivity index (χ0) is 28.4. The molecule has 208 valence electrons. The van der Waals surface area contributed by atoms with Gasteiger partial charge in [0.05, 0.1) is 52.1 Å². The predicted octanol–water partition coefficient (Wildman–Crippen LogP) is 4.29. The van der Waals surface area contributed by atoms with E-state index in [1.54, 1.807) is 16.6 Å². The number of carbonyl (C=O) groups is 1. The van der Waals surface area contributed by atoms with Crippen molar-refractivity contribution in [3.63, 3.8) is 0 Å². The van der Waals surface area contributed by atoms with Crippen LogP contribution in [-0.4, -0.2) is 62.0 Å². The highest BCUT2D eigenvalue weighted by molar-refractivity contribution is 6.00. The van der Waals surface area contributed by atoms with Gasteiger partial charge in [-0.1, -0.05) is 0 Å². The average Bonchev–Trinajstić information content (AvgIpc) is 3.57. The molecule has 1 fully saturated rings. The van der Waals surface area contributed by atoms with Gasteiger partial charge in [0.1, 0.15) is 12.2 Å². The number of anilines is 1. The van der Waals surface area contributed by atoms with Gasteiger partial charge in [0.2, 0.25) is 0 Å². The zero-order valence-corrected chi connectivity index (χ0v) is 22.7. The lowest BCUT2D eigenvalue weighted by Gasteiger charge is -2.29. The van der Waals surface area contributed by atoms with Crippen molar-refractivity contribution in [3.8, 4) is 17.5 Å². The quantitative estimate of drug-likeness (QED) is 0.384. The fourth-order valence-corrected chi connectivity index (χ4v) is 4.97. The average molecular weight is 546 g/mol. The third kappa shape index (κ3) is 5.84. The number of hydrogen-bond acceptors (Lipinski definition) is 9. The summed E-state index contributed by atoms with van der Waals surface area (Å²) in [4.78, 5) is 22.2. The van der Waals surface area contributed by atoms with Crippen molar-refractivity contribution in [2.24, 2.45) is 21.1 Å². The molecule has 3 N–H and O–H groups in total. The molecule has 2 atom stereocenters. The van der Waals surface area contributed by atoms with E-state index < -0.39 is 17.7 Å². The van der Waals surface area contributed by atoms with E-state index in [2.05, 4.69) is 42.0 Å². The minimum atomic E-state index is -1.63. The SMILES string of the molecule is CC1N=NC(C2CCC(Nc3cc(-c4ccc5cc(C#N)cnn45)ncc3C(=O)NC[C@@H](F)C(C)(C)O)CC2)=N1. The predicted molar refractivity (Wildman–Crippen MR) is 148 cm³/mol. The second-order valence-corrected chi connectivity index (χ2v) is 10.9. The number of aliphatic imine (C=N–C) groups is 1. The molecule has 11 nitrogen and oxygen atoms in total. The third-order valence-corrected chi connectivity index (χ3v) is 7.35. The summed E-state index contributed by atoms with van der Waals surface area (Å²) >= 11 is 0. The van der Waals surface area contributed by atoms with Crippen molar-refractivity contribution in [2.45, 2.75) is 70.4 Å². The maximum atomic E-state index is 14.4. The second kappa shape index (κ2) is 11.1. The van der Waals surface area contributed by atoms with Crippen molar-refractivity contribution < 1.29 is 14.3 Å². The molecule has 0 aromatic carbocycles. The van der Waals surface area contributed by atoms with Crippen LogP contribution in [0.25, 0.3) is 16.9 Å². The minimum Gasteiger partial charge on any atom is -0.387 e. The van der Waals surface area contributed by atoms with Crippen LogP contribution in [0.3, 0.4) is 0 Å². The van der Waals surface area contributed by atoms with E-state index in [9.17, 15) is 19.6 Å². The smallest absolute Gasteiger partial charge is 0.255 e. The molecule has 1 aliphatic heterocycles. The number of azo groups is 1. The summed E-state index contributed by atoms with van der Waals surface area (Å²) in [5, 5.41) is 37.9. The molecule has 40 heavy (non-hydrogen) atoms. The number of hydrogen-bond donors (Lipinski definition) is 3. The molecule has 3 aromatic rings. The molecule has 2 aliphatic rings. The molecule has 5 rings (SSSR count). The highest BCUT2D eigenvalue weighted by Crippen LogP contribution is 2.32. The lowest BCUT2D eigenvalue weighted by atomic mass is 9.85. The number of halogens is 1. The number of amidine groups is 1. The van der Waals surface area contributed by atoms with Crippen LogP contribution in [-0.2, 0) is 0 Å². The molecule has 1 amide bonds. The van der Waals surface area contributed by atoms with Crippen LogP contribution in [0.2, 0.25) is 0 Å². The molecule has 4 heterocycles. The Morgan fingerprint density at radius 1 is 1.25 bits per heavy atom. The first kappa shape index (κ1) is 27.3. The number of fused-ring (bicyclic) bond motifs is 1. The normalized spacial score (nSPS) is 21.6. The molecule has 1 saturated carbocycles. The maximum Gasteiger partial charge on any atom is 0.255 e. The van der Waals surface area contributed by atoms with Gasteiger partial charge in [0.15, 0.2) is 12.0 Å². The van der Waals surface area contributed by atoms with E-state index in [-0.39, 0.29) is 30.2 Å². The molecule has 3 aromatic heterocycles. The van der Waals surface area contributed by atoms with E-state index in [0.29, 0.717) is 22.6 Å². The number of pyridine rings is 1. The van der Waals surface area contributed by atoms with Crippen LogP contribution in [0, 0.1) is 17.2 Å². The first-order valence-electron chi connectivity index (χ1n) is 13.4. The van der Waals surface area contributed by atoms with Crippen LogP contribution in [0.4, 0.5) is 10.1 Å². The summed E-state index contributed by atoms with van der Waals surface area (Å²) in [6, 6.07) is 9.42. The number of nitrogens with one attached hydrogen (secondary N) is 2. The maximum absolute atomic E-state index is 14.4. The molecule has 1 aliphatic carbocycles. The summed E-state index contributed by atoms with van der Waals surface area (Å²) in [5.74, 6) is 0.591. The van der Waals surface area contributed by atoms with E-state index in [1.165, 1.54) is 26.2 Å². The van der Waals surface area contributed by atoms with Gasteiger partial charge in [-0.2, -0.15) is 15.5 Å².